The predicted molar refractivity (Wildman–Crippen MR) is 97.5 cm³/mol. The SMILES string of the molecule is COC1C=CC(C[C@H](C)NC[C@@H](O)c2ccc(O)c(NC=O)c2)=CC1. The molecule has 0 fully saturated rings. The first-order valence-electron chi connectivity index (χ1n) is 8.38. The van der Waals surface area contributed by atoms with Crippen molar-refractivity contribution in [3.8, 4) is 5.75 Å². The van der Waals surface area contributed by atoms with Crippen LogP contribution in [0.2, 0.25) is 0 Å². The highest BCUT2D eigenvalue weighted by atomic mass is 16.5. The van der Waals surface area contributed by atoms with E-state index in [1.807, 2.05) is 0 Å². The Morgan fingerprint density at radius 2 is 2.24 bits per heavy atom. The number of carbonyl (C=O) groups is 1. The lowest BCUT2D eigenvalue weighted by atomic mass is 9.99. The molecule has 0 radical (unpaired) electrons. The summed E-state index contributed by atoms with van der Waals surface area (Å²) in [6.07, 6.45) is 8.01. The van der Waals surface area contributed by atoms with Gasteiger partial charge in [-0.15, -0.1) is 0 Å². The number of hydrogen-bond donors (Lipinski definition) is 4. The number of allylic oxidation sites excluding steroid dienone is 1. The lowest BCUT2D eigenvalue weighted by Crippen LogP contribution is -2.31. The Kier molecular flexibility index (Phi) is 7.18. The number of carbonyl (C=O) groups excluding carboxylic acids is 1. The number of methoxy groups -OCH3 is 1. The van der Waals surface area contributed by atoms with Crippen LogP contribution >= 0.6 is 0 Å². The van der Waals surface area contributed by atoms with E-state index < -0.39 is 6.10 Å². The van der Waals surface area contributed by atoms with Crippen LogP contribution in [-0.2, 0) is 9.53 Å². The number of phenols is 1. The Labute approximate surface area is 148 Å². The highest BCUT2D eigenvalue weighted by Crippen LogP contribution is 2.26. The first-order chi connectivity index (χ1) is 12.0. The Morgan fingerprint density at radius 3 is 2.88 bits per heavy atom. The second-order valence-corrected chi connectivity index (χ2v) is 6.22. The molecule has 6 nitrogen and oxygen atoms in total. The maximum Gasteiger partial charge on any atom is 0.211 e. The van der Waals surface area contributed by atoms with Gasteiger partial charge >= 0.3 is 0 Å². The number of anilines is 1. The van der Waals surface area contributed by atoms with Gasteiger partial charge in [-0.1, -0.05) is 29.9 Å². The van der Waals surface area contributed by atoms with Crippen molar-refractivity contribution in [3.63, 3.8) is 0 Å². The average molecular weight is 346 g/mol. The molecule has 0 aliphatic heterocycles. The van der Waals surface area contributed by atoms with Crippen molar-refractivity contribution in [2.24, 2.45) is 0 Å². The maximum absolute atomic E-state index is 10.5. The van der Waals surface area contributed by atoms with E-state index >= 15 is 0 Å². The van der Waals surface area contributed by atoms with E-state index in [4.69, 9.17) is 4.74 Å². The fourth-order valence-corrected chi connectivity index (χ4v) is 2.77. The van der Waals surface area contributed by atoms with Gasteiger partial charge in [0.25, 0.3) is 0 Å². The maximum atomic E-state index is 10.5. The van der Waals surface area contributed by atoms with Crippen molar-refractivity contribution in [2.75, 3.05) is 19.0 Å². The van der Waals surface area contributed by atoms with Crippen molar-refractivity contribution in [2.45, 2.75) is 38.0 Å². The molecule has 0 bridgehead atoms. The topological polar surface area (TPSA) is 90.8 Å². The summed E-state index contributed by atoms with van der Waals surface area (Å²) >= 11 is 0. The third-order valence-electron chi connectivity index (χ3n) is 4.26. The summed E-state index contributed by atoms with van der Waals surface area (Å²) in [6, 6.07) is 4.87. The van der Waals surface area contributed by atoms with E-state index in [0.29, 0.717) is 18.5 Å². The molecule has 1 aliphatic carbocycles. The van der Waals surface area contributed by atoms with Gasteiger partial charge in [-0.3, -0.25) is 4.79 Å². The molecule has 1 unspecified atom stereocenters. The molecule has 3 atom stereocenters. The summed E-state index contributed by atoms with van der Waals surface area (Å²) in [5.41, 5.74) is 2.16. The van der Waals surface area contributed by atoms with E-state index in [-0.39, 0.29) is 23.6 Å². The number of rotatable bonds is 9. The fraction of sp³-hybridized carbons (Fsp3) is 0.421. The van der Waals surface area contributed by atoms with Crippen LogP contribution < -0.4 is 10.6 Å². The molecular formula is C19H26N2O4. The zero-order chi connectivity index (χ0) is 18.2. The Balaban J connectivity index is 1.84. The fourth-order valence-electron chi connectivity index (χ4n) is 2.77. The van der Waals surface area contributed by atoms with Gasteiger partial charge < -0.3 is 25.6 Å². The van der Waals surface area contributed by atoms with Gasteiger partial charge in [0.1, 0.15) is 5.75 Å². The summed E-state index contributed by atoms with van der Waals surface area (Å²) in [7, 11) is 1.71. The van der Waals surface area contributed by atoms with Crippen LogP contribution in [0.15, 0.2) is 42.0 Å². The summed E-state index contributed by atoms with van der Waals surface area (Å²) in [4.78, 5) is 10.5. The molecule has 136 valence electrons. The van der Waals surface area contributed by atoms with E-state index in [2.05, 4.69) is 35.8 Å². The van der Waals surface area contributed by atoms with Gasteiger partial charge in [0, 0.05) is 19.7 Å². The number of phenolic OH excluding ortho intramolecular Hbond substituents is 1. The molecule has 1 aromatic carbocycles. The summed E-state index contributed by atoms with van der Waals surface area (Å²) in [5.74, 6) is -0.0326. The molecule has 2 rings (SSSR count). The van der Waals surface area contributed by atoms with Gasteiger partial charge in [0.15, 0.2) is 0 Å². The Bertz CT molecular complexity index is 642. The molecule has 1 aromatic rings. The molecule has 0 heterocycles. The number of amides is 1. The predicted octanol–water partition coefficient (Wildman–Crippen LogP) is 2.26. The minimum Gasteiger partial charge on any atom is -0.506 e. The number of aliphatic hydroxyl groups excluding tert-OH is 1. The summed E-state index contributed by atoms with van der Waals surface area (Å²) in [6.45, 7) is 2.45. The second kappa shape index (κ2) is 9.36. The molecule has 4 N–H and O–H groups in total. The van der Waals surface area contributed by atoms with E-state index in [1.54, 1.807) is 19.2 Å². The van der Waals surface area contributed by atoms with Crippen LogP contribution in [0.3, 0.4) is 0 Å². The first kappa shape index (κ1) is 19.2. The first-order valence-corrected chi connectivity index (χ1v) is 8.38. The summed E-state index contributed by atoms with van der Waals surface area (Å²) in [5, 5.41) is 25.7. The van der Waals surface area contributed by atoms with Crippen LogP contribution in [0.1, 0.15) is 31.4 Å². The number of nitrogens with one attached hydrogen (secondary N) is 2. The van der Waals surface area contributed by atoms with Gasteiger partial charge in [0.2, 0.25) is 6.41 Å². The number of aliphatic hydroxyl groups is 1. The second-order valence-electron chi connectivity index (χ2n) is 6.22. The lowest BCUT2D eigenvalue weighted by Gasteiger charge is -2.20. The molecular weight excluding hydrogens is 320 g/mol. The van der Waals surface area contributed by atoms with E-state index in [1.165, 1.54) is 11.6 Å². The summed E-state index contributed by atoms with van der Waals surface area (Å²) < 4.78 is 5.28. The number of hydrogen-bond acceptors (Lipinski definition) is 5. The number of ether oxygens (including phenoxy) is 1. The van der Waals surface area contributed by atoms with Crippen molar-refractivity contribution in [3.05, 3.63) is 47.6 Å². The molecule has 0 saturated heterocycles. The highest BCUT2D eigenvalue weighted by Gasteiger charge is 2.14. The van der Waals surface area contributed by atoms with Crippen molar-refractivity contribution >= 4 is 12.1 Å². The third kappa shape index (κ3) is 5.70. The zero-order valence-electron chi connectivity index (χ0n) is 14.6. The van der Waals surface area contributed by atoms with Gasteiger partial charge in [-0.05, 0) is 37.5 Å². The van der Waals surface area contributed by atoms with Crippen molar-refractivity contribution in [1.29, 1.82) is 0 Å². The van der Waals surface area contributed by atoms with Gasteiger partial charge in [0.05, 0.1) is 17.9 Å². The Morgan fingerprint density at radius 1 is 1.44 bits per heavy atom. The molecule has 25 heavy (non-hydrogen) atoms. The number of aromatic hydroxyl groups is 1. The molecule has 0 aromatic heterocycles. The highest BCUT2D eigenvalue weighted by molar-refractivity contribution is 5.75. The minimum absolute atomic E-state index is 0.0326. The van der Waals surface area contributed by atoms with Crippen LogP contribution in [0.5, 0.6) is 5.75 Å². The van der Waals surface area contributed by atoms with Crippen molar-refractivity contribution in [1.82, 2.24) is 5.32 Å². The van der Waals surface area contributed by atoms with E-state index in [0.717, 1.165) is 12.8 Å². The lowest BCUT2D eigenvalue weighted by molar-refractivity contribution is -0.105. The van der Waals surface area contributed by atoms with Crippen LogP contribution in [0, 0.1) is 0 Å². The normalized spacial score (nSPS) is 19.2. The minimum atomic E-state index is -0.732. The molecule has 1 aliphatic rings. The molecule has 1 amide bonds. The number of benzene rings is 1. The smallest absolute Gasteiger partial charge is 0.211 e. The van der Waals surface area contributed by atoms with Crippen molar-refractivity contribution < 1.29 is 19.7 Å². The van der Waals surface area contributed by atoms with Gasteiger partial charge in [-0.25, -0.2) is 0 Å². The molecule has 0 saturated carbocycles. The quantitative estimate of drug-likeness (QED) is 0.407. The molecule has 0 spiro atoms. The van der Waals surface area contributed by atoms with E-state index in [9.17, 15) is 15.0 Å². The average Bonchev–Trinajstić information content (AvgIpc) is 2.62. The standard InChI is InChI=1S/C19H26N2O4/c1-13(9-14-3-6-16(25-2)7-4-14)20-11-19(24)15-5-8-18(23)17(10-15)21-12-22/h3-6,8,10,12-13,16,19-20,23-24H,7,9,11H2,1-2H3,(H,21,22)/t13-,16?,19+/m0/s1. The van der Waals surface area contributed by atoms with Crippen LogP contribution in [0.4, 0.5) is 5.69 Å². The van der Waals surface area contributed by atoms with Crippen LogP contribution in [0.25, 0.3) is 0 Å². The largest absolute Gasteiger partial charge is 0.506 e. The third-order valence-corrected chi connectivity index (χ3v) is 4.26. The zero-order valence-corrected chi connectivity index (χ0v) is 14.6. The van der Waals surface area contributed by atoms with Gasteiger partial charge in [-0.2, -0.15) is 0 Å². The molecule has 6 heteroatoms. The monoisotopic (exact) mass is 346 g/mol. The van der Waals surface area contributed by atoms with Crippen LogP contribution in [-0.4, -0.2) is 42.4 Å². The Hall–Kier alpha value is -2.15.